The summed E-state index contributed by atoms with van der Waals surface area (Å²) in [5, 5.41) is 0.805. The maximum atomic E-state index is 6.17. The average molecular weight is 251 g/mol. The van der Waals surface area contributed by atoms with Crippen LogP contribution in [0.15, 0.2) is 29.8 Å². The van der Waals surface area contributed by atoms with Crippen molar-refractivity contribution in [3.05, 3.63) is 46.0 Å². The minimum atomic E-state index is 0.106. The molecule has 0 radical (unpaired) electrons. The lowest BCUT2D eigenvalue weighted by Crippen LogP contribution is -2.30. The van der Waals surface area contributed by atoms with Gasteiger partial charge >= 0.3 is 0 Å². The van der Waals surface area contributed by atoms with Crippen molar-refractivity contribution in [3.63, 3.8) is 0 Å². The monoisotopic (exact) mass is 250 g/mol. The Hall–Kier alpha value is -0.830. The van der Waals surface area contributed by atoms with Crippen LogP contribution in [-0.2, 0) is 0 Å². The predicted molar refractivity (Wildman–Crippen MR) is 72.8 cm³/mol. The Morgan fingerprint density at radius 1 is 1.35 bits per heavy atom. The first-order chi connectivity index (χ1) is 8.24. The molecule has 0 aromatic heterocycles. The predicted octanol–water partition coefficient (Wildman–Crippen LogP) is 3.65. The number of halogens is 1. The van der Waals surface area contributed by atoms with Crippen LogP contribution in [0.3, 0.4) is 0 Å². The Bertz CT molecular complexity index is 426. The van der Waals surface area contributed by atoms with Gasteiger partial charge in [-0.1, -0.05) is 35.4 Å². The van der Waals surface area contributed by atoms with E-state index in [0.29, 0.717) is 0 Å². The smallest absolute Gasteiger partial charge is 0.0673 e. The molecule has 1 aliphatic carbocycles. The zero-order valence-corrected chi connectivity index (χ0v) is 10.9. The number of hydrogen-bond donors (Lipinski definition) is 2. The summed E-state index contributed by atoms with van der Waals surface area (Å²) >= 11 is 6.17. The maximum absolute atomic E-state index is 6.17. The Balaban J connectivity index is 2.34. The third-order valence-electron chi connectivity index (χ3n) is 3.48. The van der Waals surface area contributed by atoms with Crippen molar-refractivity contribution in [2.24, 2.45) is 5.84 Å². The molecule has 3 heteroatoms. The van der Waals surface area contributed by atoms with E-state index in [1.807, 2.05) is 19.1 Å². The van der Waals surface area contributed by atoms with Crippen molar-refractivity contribution in [1.82, 2.24) is 5.43 Å². The molecule has 1 aromatic rings. The number of nitrogens with two attached hydrogens (primary N) is 1. The van der Waals surface area contributed by atoms with Crippen molar-refractivity contribution >= 4 is 11.6 Å². The number of benzene rings is 1. The summed E-state index contributed by atoms with van der Waals surface area (Å²) in [7, 11) is 0. The molecule has 0 amide bonds. The van der Waals surface area contributed by atoms with Gasteiger partial charge in [-0.2, -0.15) is 0 Å². The summed E-state index contributed by atoms with van der Waals surface area (Å²) in [6.07, 6.45) is 7.14. The van der Waals surface area contributed by atoms with Gasteiger partial charge in [0, 0.05) is 5.02 Å². The van der Waals surface area contributed by atoms with Gasteiger partial charge in [-0.15, -0.1) is 0 Å². The van der Waals surface area contributed by atoms with E-state index in [4.69, 9.17) is 17.4 Å². The molecule has 17 heavy (non-hydrogen) atoms. The second-order valence-corrected chi connectivity index (χ2v) is 4.99. The van der Waals surface area contributed by atoms with Gasteiger partial charge in [0.05, 0.1) is 6.04 Å². The van der Waals surface area contributed by atoms with Crippen LogP contribution in [-0.4, -0.2) is 0 Å². The van der Waals surface area contributed by atoms with Crippen LogP contribution in [0.25, 0.3) is 0 Å². The van der Waals surface area contributed by atoms with Crippen LogP contribution < -0.4 is 11.3 Å². The molecule has 0 bridgehead atoms. The fourth-order valence-corrected chi connectivity index (χ4v) is 2.64. The highest BCUT2D eigenvalue weighted by Crippen LogP contribution is 2.32. The van der Waals surface area contributed by atoms with Gasteiger partial charge in [-0.3, -0.25) is 5.84 Å². The minimum absolute atomic E-state index is 0.106. The first kappa shape index (κ1) is 12.6. The number of allylic oxidation sites excluding steroid dienone is 1. The van der Waals surface area contributed by atoms with Crippen molar-refractivity contribution in [1.29, 1.82) is 0 Å². The highest BCUT2D eigenvalue weighted by atomic mass is 35.5. The van der Waals surface area contributed by atoms with E-state index in [0.717, 1.165) is 23.4 Å². The highest BCUT2D eigenvalue weighted by molar-refractivity contribution is 6.31. The summed E-state index contributed by atoms with van der Waals surface area (Å²) in [5.74, 6) is 5.72. The largest absolute Gasteiger partial charge is 0.271 e. The number of rotatable bonds is 3. The topological polar surface area (TPSA) is 38.0 Å². The van der Waals surface area contributed by atoms with Gasteiger partial charge < -0.3 is 0 Å². The van der Waals surface area contributed by atoms with Crippen molar-refractivity contribution < 1.29 is 0 Å². The molecule has 2 rings (SSSR count). The van der Waals surface area contributed by atoms with E-state index >= 15 is 0 Å². The molecule has 1 atom stereocenters. The molecule has 3 N–H and O–H groups in total. The molecule has 0 saturated heterocycles. The lowest BCUT2D eigenvalue weighted by molar-refractivity contribution is 0.564. The number of nitrogens with one attached hydrogen (secondary N) is 1. The van der Waals surface area contributed by atoms with Gasteiger partial charge in [0.15, 0.2) is 0 Å². The standard InChI is InChI=1S/C14H19ClN2/c1-10-12(8-5-9-13(10)15)14(17-16)11-6-3-2-4-7-11/h5-6,8-9,14,17H,2-4,7,16H2,1H3. The lowest BCUT2D eigenvalue weighted by Gasteiger charge is -2.24. The quantitative estimate of drug-likeness (QED) is 0.488. The summed E-state index contributed by atoms with van der Waals surface area (Å²) < 4.78 is 0. The first-order valence-corrected chi connectivity index (χ1v) is 6.52. The van der Waals surface area contributed by atoms with Crippen LogP contribution in [0.1, 0.15) is 42.9 Å². The van der Waals surface area contributed by atoms with E-state index in [1.165, 1.54) is 24.0 Å². The minimum Gasteiger partial charge on any atom is -0.271 e. The van der Waals surface area contributed by atoms with Crippen LogP contribution >= 0.6 is 11.6 Å². The number of hydrogen-bond acceptors (Lipinski definition) is 2. The fraction of sp³-hybridized carbons (Fsp3) is 0.429. The van der Waals surface area contributed by atoms with E-state index < -0.39 is 0 Å². The third-order valence-corrected chi connectivity index (χ3v) is 3.89. The third kappa shape index (κ3) is 2.71. The van der Waals surface area contributed by atoms with Gasteiger partial charge in [0.2, 0.25) is 0 Å². The average Bonchev–Trinajstić information content (AvgIpc) is 2.37. The van der Waals surface area contributed by atoms with Crippen molar-refractivity contribution in [3.8, 4) is 0 Å². The molecular formula is C14H19ClN2. The van der Waals surface area contributed by atoms with E-state index in [-0.39, 0.29) is 6.04 Å². The second-order valence-electron chi connectivity index (χ2n) is 4.58. The maximum Gasteiger partial charge on any atom is 0.0673 e. The normalized spacial score (nSPS) is 17.7. The molecular weight excluding hydrogens is 232 g/mol. The van der Waals surface area contributed by atoms with Crippen LogP contribution in [0.5, 0.6) is 0 Å². The summed E-state index contributed by atoms with van der Waals surface area (Å²) in [6.45, 7) is 2.05. The molecule has 92 valence electrons. The van der Waals surface area contributed by atoms with E-state index in [2.05, 4.69) is 17.6 Å². The molecule has 0 aliphatic heterocycles. The molecule has 0 saturated carbocycles. The summed E-state index contributed by atoms with van der Waals surface area (Å²) in [4.78, 5) is 0. The SMILES string of the molecule is Cc1c(Cl)cccc1C(NN)C1=CCCCC1. The van der Waals surface area contributed by atoms with Crippen LogP contribution in [0.4, 0.5) is 0 Å². The first-order valence-electron chi connectivity index (χ1n) is 6.14. The lowest BCUT2D eigenvalue weighted by atomic mass is 9.88. The van der Waals surface area contributed by atoms with Crippen LogP contribution in [0, 0.1) is 6.92 Å². The van der Waals surface area contributed by atoms with Gasteiger partial charge in [0.25, 0.3) is 0 Å². The van der Waals surface area contributed by atoms with E-state index in [1.54, 1.807) is 0 Å². The molecule has 1 unspecified atom stereocenters. The zero-order valence-electron chi connectivity index (χ0n) is 10.2. The van der Waals surface area contributed by atoms with Gasteiger partial charge in [0.1, 0.15) is 0 Å². The summed E-state index contributed by atoms with van der Waals surface area (Å²) in [5.41, 5.74) is 6.62. The highest BCUT2D eigenvalue weighted by Gasteiger charge is 2.19. The molecule has 0 fully saturated rings. The summed E-state index contributed by atoms with van der Waals surface area (Å²) in [6, 6.07) is 6.11. The second kappa shape index (κ2) is 5.67. The van der Waals surface area contributed by atoms with E-state index in [9.17, 15) is 0 Å². The van der Waals surface area contributed by atoms with Crippen molar-refractivity contribution in [2.45, 2.75) is 38.6 Å². The zero-order chi connectivity index (χ0) is 12.3. The number of hydrazine groups is 1. The Kier molecular flexibility index (Phi) is 4.21. The van der Waals surface area contributed by atoms with Crippen molar-refractivity contribution in [2.75, 3.05) is 0 Å². The van der Waals surface area contributed by atoms with Gasteiger partial charge in [-0.25, -0.2) is 5.43 Å². The molecule has 2 nitrogen and oxygen atoms in total. The molecule has 1 aromatic carbocycles. The molecule has 0 heterocycles. The van der Waals surface area contributed by atoms with Gasteiger partial charge in [-0.05, 0) is 49.8 Å². The molecule has 1 aliphatic rings. The van der Waals surface area contributed by atoms with Crippen LogP contribution in [0.2, 0.25) is 5.02 Å². The Morgan fingerprint density at radius 2 is 2.18 bits per heavy atom. The Labute approximate surface area is 108 Å². The molecule has 0 spiro atoms. The fourth-order valence-electron chi connectivity index (χ4n) is 2.46. The Morgan fingerprint density at radius 3 is 2.82 bits per heavy atom.